The van der Waals surface area contributed by atoms with Crippen LogP contribution in [0.3, 0.4) is 0 Å². The minimum Gasteiger partial charge on any atom is -0.304 e. The number of thioether (sulfide) groups is 1. The number of nitrogens with zero attached hydrogens (tertiary/aromatic N) is 1. The van der Waals surface area contributed by atoms with Gasteiger partial charge < -0.3 is 4.90 Å². The number of likely N-dealkylation sites (N-methyl/N-ethyl adjacent to an activating group) is 1. The van der Waals surface area contributed by atoms with Crippen molar-refractivity contribution in [3.63, 3.8) is 0 Å². The fraction of sp³-hybridized carbons (Fsp3) is 0.455. The Bertz CT molecular complexity index is 271. The van der Waals surface area contributed by atoms with E-state index in [1.165, 1.54) is 11.3 Å². The van der Waals surface area contributed by atoms with E-state index in [0.717, 1.165) is 6.04 Å². The van der Waals surface area contributed by atoms with Gasteiger partial charge in [-0.2, -0.15) is 11.8 Å². The van der Waals surface area contributed by atoms with E-state index in [0.29, 0.717) is 5.25 Å². The normalized spacial score (nSPS) is 27.3. The average Bonchev–Trinajstić information content (AvgIpc) is 2.02. The van der Waals surface area contributed by atoms with Gasteiger partial charge in [0.25, 0.3) is 0 Å². The summed E-state index contributed by atoms with van der Waals surface area (Å²) in [7, 11) is 4.33. The Kier molecular flexibility index (Phi) is 2.61. The largest absolute Gasteiger partial charge is 0.304 e. The summed E-state index contributed by atoms with van der Waals surface area (Å²) >= 11 is 2.05. The Hall–Kier alpha value is -0.470. The highest BCUT2D eigenvalue weighted by Crippen LogP contribution is 2.44. The molecular weight excluding hydrogens is 178 g/mol. The van der Waals surface area contributed by atoms with Crippen molar-refractivity contribution in [1.29, 1.82) is 0 Å². The third-order valence-electron chi connectivity index (χ3n) is 2.59. The van der Waals surface area contributed by atoms with Crippen molar-refractivity contribution in [1.82, 2.24) is 4.90 Å². The van der Waals surface area contributed by atoms with Crippen molar-refractivity contribution in [2.45, 2.75) is 11.3 Å². The van der Waals surface area contributed by atoms with Gasteiger partial charge in [0.15, 0.2) is 0 Å². The van der Waals surface area contributed by atoms with Gasteiger partial charge in [-0.25, -0.2) is 0 Å². The summed E-state index contributed by atoms with van der Waals surface area (Å²) in [5, 5.41) is 0.691. The highest BCUT2D eigenvalue weighted by molar-refractivity contribution is 8.01. The molecule has 0 N–H and O–H groups in total. The molecule has 2 atom stereocenters. The lowest BCUT2D eigenvalue weighted by Gasteiger charge is -2.40. The first-order chi connectivity index (χ1) is 6.29. The maximum Gasteiger partial charge on any atom is 0.0461 e. The predicted molar refractivity (Wildman–Crippen MR) is 59.1 cm³/mol. The molecule has 1 heterocycles. The van der Waals surface area contributed by atoms with Crippen molar-refractivity contribution in [3.8, 4) is 0 Å². The summed E-state index contributed by atoms with van der Waals surface area (Å²) in [4.78, 5) is 2.33. The van der Waals surface area contributed by atoms with Crippen LogP contribution in [0.1, 0.15) is 10.8 Å². The second-order valence-electron chi connectivity index (χ2n) is 3.70. The number of hydrogen-bond donors (Lipinski definition) is 0. The van der Waals surface area contributed by atoms with E-state index < -0.39 is 0 Å². The smallest absolute Gasteiger partial charge is 0.0461 e. The van der Waals surface area contributed by atoms with Crippen LogP contribution < -0.4 is 0 Å². The summed E-state index contributed by atoms with van der Waals surface area (Å²) in [5.41, 5.74) is 1.47. The van der Waals surface area contributed by atoms with Gasteiger partial charge in [-0.1, -0.05) is 30.3 Å². The van der Waals surface area contributed by atoms with E-state index in [4.69, 9.17) is 0 Å². The monoisotopic (exact) mass is 193 g/mol. The lowest BCUT2D eigenvalue weighted by molar-refractivity contribution is 0.297. The predicted octanol–water partition coefficient (Wildman–Crippen LogP) is 2.40. The van der Waals surface area contributed by atoms with Crippen LogP contribution in [-0.2, 0) is 0 Å². The molecule has 1 aromatic carbocycles. The van der Waals surface area contributed by atoms with Crippen LogP contribution in [0.2, 0.25) is 0 Å². The Balaban J connectivity index is 2.11. The summed E-state index contributed by atoms with van der Waals surface area (Å²) in [5.74, 6) is 1.27. The van der Waals surface area contributed by atoms with E-state index in [9.17, 15) is 0 Å². The van der Waals surface area contributed by atoms with Gasteiger partial charge in [0, 0.05) is 17.0 Å². The molecule has 0 aliphatic carbocycles. The van der Waals surface area contributed by atoms with Gasteiger partial charge in [0.2, 0.25) is 0 Å². The molecule has 2 heteroatoms. The van der Waals surface area contributed by atoms with Crippen LogP contribution in [-0.4, -0.2) is 30.8 Å². The van der Waals surface area contributed by atoms with E-state index in [-0.39, 0.29) is 0 Å². The molecule has 0 amide bonds. The third-order valence-corrected chi connectivity index (χ3v) is 4.07. The first kappa shape index (κ1) is 9.10. The summed E-state index contributed by atoms with van der Waals surface area (Å²) in [6.07, 6.45) is 0. The first-order valence-electron chi connectivity index (χ1n) is 4.62. The maximum atomic E-state index is 2.33. The van der Waals surface area contributed by atoms with E-state index in [1.807, 2.05) is 0 Å². The zero-order valence-corrected chi connectivity index (χ0v) is 8.92. The Morgan fingerprint density at radius 1 is 1.23 bits per heavy atom. The van der Waals surface area contributed by atoms with Gasteiger partial charge in [-0.15, -0.1) is 0 Å². The third kappa shape index (κ3) is 1.74. The standard InChI is InChI=1S/C11H15NS/c1-12(2)10-8-13-11(10)9-6-4-3-5-7-9/h3-7,10-11H,8H2,1-2H3. The molecule has 70 valence electrons. The molecule has 0 radical (unpaired) electrons. The molecule has 1 saturated heterocycles. The summed E-state index contributed by atoms with van der Waals surface area (Å²) in [6.45, 7) is 0. The van der Waals surface area contributed by atoms with Gasteiger partial charge in [-0.3, -0.25) is 0 Å². The van der Waals surface area contributed by atoms with Crippen molar-refractivity contribution >= 4 is 11.8 Å². The van der Waals surface area contributed by atoms with Crippen LogP contribution in [0.15, 0.2) is 30.3 Å². The van der Waals surface area contributed by atoms with Crippen molar-refractivity contribution in [2.24, 2.45) is 0 Å². The van der Waals surface area contributed by atoms with Gasteiger partial charge in [0.05, 0.1) is 0 Å². The van der Waals surface area contributed by atoms with Gasteiger partial charge in [0.1, 0.15) is 0 Å². The highest BCUT2D eigenvalue weighted by atomic mass is 32.2. The molecule has 2 rings (SSSR count). The zero-order valence-electron chi connectivity index (χ0n) is 8.10. The lowest BCUT2D eigenvalue weighted by Crippen LogP contribution is -2.41. The number of rotatable bonds is 2. The minimum atomic E-state index is 0.691. The Morgan fingerprint density at radius 2 is 1.92 bits per heavy atom. The van der Waals surface area contributed by atoms with Gasteiger partial charge in [-0.05, 0) is 19.7 Å². The molecule has 2 unspecified atom stereocenters. The molecule has 1 nitrogen and oxygen atoms in total. The highest BCUT2D eigenvalue weighted by Gasteiger charge is 2.33. The van der Waals surface area contributed by atoms with Crippen LogP contribution in [0.25, 0.3) is 0 Å². The van der Waals surface area contributed by atoms with Gasteiger partial charge >= 0.3 is 0 Å². The number of hydrogen-bond acceptors (Lipinski definition) is 2. The van der Waals surface area contributed by atoms with Crippen molar-refractivity contribution in [2.75, 3.05) is 19.8 Å². The molecule has 13 heavy (non-hydrogen) atoms. The molecule has 1 fully saturated rings. The second kappa shape index (κ2) is 3.72. The summed E-state index contributed by atoms with van der Waals surface area (Å²) < 4.78 is 0. The average molecular weight is 193 g/mol. The molecular formula is C11H15NS. The Morgan fingerprint density at radius 3 is 2.38 bits per heavy atom. The first-order valence-corrected chi connectivity index (χ1v) is 5.67. The lowest BCUT2D eigenvalue weighted by atomic mass is 10.0. The molecule has 0 aromatic heterocycles. The second-order valence-corrected chi connectivity index (χ2v) is 4.87. The SMILES string of the molecule is CN(C)C1CSC1c1ccccc1. The molecule has 0 saturated carbocycles. The van der Waals surface area contributed by atoms with E-state index in [1.54, 1.807) is 0 Å². The quantitative estimate of drug-likeness (QED) is 0.709. The molecule has 1 aromatic rings. The Labute approximate surface area is 84.1 Å². The van der Waals surface area contributed by atoms with E-state index in [2.05, 4.69) is 61.1 Å². The number of benzene rings is 1. The molecule has 0 spiro atoms. The van der Waals surface area contributed by atoms with Crippen molar-refractivity contribution < 1.29 is 0 Å². The fourth-order valence-electron chi connectivity index (χ4n) is 1.66. The van der Waals surface area contributed by atoms with Crippen LogP contribution in [0, 0.1) is 0 Å². The van der Waals surface area contributed by atoms with Crippen molar-refractivity contribution in [3.05, 3.63) is 35.9 Å². The minimum absolute atomic E-state index is 0.691. The van der Waals surface area contributed by atoms with E-state index >= 15 is 0 Å². The van der Waals surface area contributed by atoms with Crippen LogP contribution in [0.5, 0.6) is 0 Å². The molecule has 1 aliphatic rings. The summed E-state index contributed by atoms with van der Waals surface area (Å²) in [6, 6.07) is 11.5. The maximum absolute atomic E-state index is 2.33. The molecule has 1 aliphatic heterocycles. The topological polar surface area (TPSA) is 3.24 Å². The van der Waals surface area contributed by atoms with Crippen LogP contribution >= 0.6 is 11.8 Å². The van der Waals surface area contributed by atoms with Crippen LogP contribution in [0.4, 0.5) is 0 Å². The fourth-order valence-corrected chi connectivity index (χ4v) is 3.11. The molecule has 0 bridgehead atoms. The zero-order chi connectivity index (χ0) is 9.26.